The highest BCUT2D eigenvalue weighted by Gasteiger charge is 2.05. The molecule has 4 nitrogen and oxygen atoms in total. The maximum Gasteiger partial charge on any atom is 0.513 e. The van der Waals surface area contributed by atoms with E-state index in [0.29, 0.717) is 11.3 Å². The summed E-state index contributed by atoms with van der Waals surface area (Å²) in [7, 11) is 1.21. The monoisotopic (exact) mass is 214 g/mol. The average Bonchev–Trinajstić information content (AvgIpc) is 2.18. The first-order valence-corrected chi connectivity index (χ1v) is 4.07. The largest absolute Gasteiger partial charge is 0.513 e. The molecule has 0 aliphatic carbocycles. The van der Waals surface area contributed by atoms with Crippen molar-refractivity contribution in [3.05, 3.63) is 29.8 Å². The first kappa shape index (κ1) is 10.5. The number of carbonyl (C=O) groups excluding carboxylic acids is 2. The zero-order valence-corrected chi connectivity index (χ0v) is 8.08. The third-order valence-electron chi connectivity index (χ3n) is 1.45. The van der Waals surface area contributed by atoms with Crippen molar-refractivity contribution in [3.8, 4) is 5.75 Å². The van der Waals surface area contributed by atoms with E-state index in [9.17, 15) is 9.59 Å². The molecule has 0 bridgehead atoms. The third-order valence-corrected chi connectivity index (χ3v) is 1.67. The molecule has 1 aromatic rings. The molecule has 0 heterocycles. The van der Waals surface area contributed by atoms with E-state index in [1.165, 1.54) is 31.4 Å². The molecule has 0 aliphatic heterocycles. The molecule has 14 heavy (non-hydrogen) atoms. The van der Waals surface area contributed by atoms with Crippen LogP contribution in [0.3, 0.4) is 0 Å². The van der Waals surface area contributed by atoms with Crippen LogP contribution in [0.15, 0.2) is 24.3 Å². The fourth-order valence-corrected chi connectivity index (χ4v) is 0.918. The van der Waals surface area contributed by atoms with Crippen LogP contribution < -0.4 is 4.74 Å². The van der Waals surface area contributed by atoms with E-state index in [4.69, 9.17) is 11.6 Å². The summed E-state index contributed by atoms with van der Waals surface area (Å²) in [5.74, 6) is 0.290. The van der Waals surface area contributed by atoms with Gasteiger partial charge < -0.3 is 9.47 Å². The lowest BCUT2D eigenvalue weighted by Gasteiger charge is -2.01. The molecule has 0 radical (unpaired) electrons. The van der Waals surface area contributed by atoms with Crippen LogP contribution in [0, 0.1) is 0 Å². The van der Waals surface area contributed by atoms with Gasteiger partial charge in [-0.2, -0.15) is 0 Å². The molecule has 74 valence electrons. The lowest BCUT2D eigenvalue weighted by molar-refractivity contribution is 0.108. The summed E-state index contributed by atoms with van der Waals surface area (Å²) in [6.07, 6.45) is -0.810. The molecule has 5 heteroatoms. The lowest BCUT2D eigenvalue weighted by Crippen LogP contribution is -2.07. The second-order valence-electron chi connectivity index (χ2n) is 2.35. The smallest absolute Gasteiger partial charge is 0.437 e. The van der Waals surface area contributed by atoms with Crippen LogP contribution in [-0.2, 0) is 4.74 Å². The van der Waals surface area contributed by atoms with Crippen molar-refractivity contribution in [2.45, 2.75) is 0 Å². The van der Waals surface area contributed by atoms with Gasteiger partial charge in [-0.3, -0.25) is 4.79 Å². The number of carbonyl (C=O) groups is 2. The van der Waals surface area contributed by atoms with Gasteiger partial charge in [-0.1, -0.05) is 0 Å². The predicted molar refractivity (Wildman–Crippen MR) is 49.7 cm³/mol. The van der Waals surface area contributed by atoms with E-state index in [-0.39, 0.29) is 0 Å². The molecule has 0 N–H and O–H groups in total. The second kappa shape index (κ2) is 4.62. The Morgan fingerprint density at radius 2 is 1.79 bits per heavy atom. The SMILES string of the molecule is COC(=O)Oc1ccc(C(=O)Cl)cc1. The van der Waals surface area contributed by atoms with E-state index in [1.807, 2.05) is 0 Å². The second-order valence-corrected chi connectivity index (χ2v) is 2.70. The molecule has 1 rings (SSSR count). The van der Waals surface area contributed by atoms with Crippen molar-refractivity contribution in [2.75, 3.05) is 7.11 Å². The summed E-state index contributed by atoms with van der Waals surface area (Å²) in [6, 6.07) is 5.81. The van der Waals surface area contributed by atoms with Gasteiger partial charge in [0.1, 0.15) is 5.75 Å². The van der Waals surface area contributed by atoms with Crippen LogP contribution in [0.2, 0.25) is 0 Å². The van der Waals surface area contributed by atoms with E-state index >= 15 is 0 Å². The fraction of sp³-hybridized carbons (Fsp3) is 0.111. The molecule has 0 saturated carbocycles. The van der Waals surface area contributed by atoms with Gasteiger partial charge in [-0.05, 0) is 35.9 Å². The maximum absolute atomic E-state index is 10.7. The van der Waals surface area contributed by atoms with Crippen molar-refractivity contribution in [1.29, 1.82) is 0 Å². The molecule has 0 saturated heterocycles. The molecular weight excluding hydrogens is 208 g/mol. The first-order valence-electron chi connectivity index (χ1n) is 3.69. The Labute approximate surface area is 85.4 Å². The molecular formula is C9H7ClO4. The molecule has 0 aromatic heterocycles. The molecule has 0 spiro atoms. The Balaban J connectivity index is 2.73. The molecule has 0 fully saturated rings. The summed E-state index contributed by atoms with van der Waals surface area (Å²) in [4.78, 5) is 21.3. The van der Waals surface area contributed by atoms with E-state index < -0.39 is 11.4 Å². The van der Waals surface area contributed by atoms with Gasteiger partial charge in [0, 0.05) is 5.56 Å². The van der Waals surface area contributed by atoms with E-state index in [2.05, 4.69) is 9.47 Å². The van der Waals surface area contributed by atoms with Crippen molar-refractivity contribution < 1.29 is 19.1 Å². The minimum absolute atomic E-state index is 0.290. The van der Waals surface area contributed by atoms with Crippen molar-refractivity contribution in [2.24, 2.45) is 0 Å². The zero-order chi connectivity index (χ0) is 10.6. The Morgan fingerprint density at radius 1 is 1.21 bits per heavy atom. The Bertz CT molecular complexity index is 344. The topological polar surface area (TPSA) is 52.6 Å². The number of rotatable bonds is 2. The number of halogens is 1. The zero-order valence-electron chi connectivity index (χ0n) is 7.32. The number of ether oxygens (including phenoxy) is 2. The number of methoxy groups -OCH3 is 1. The minimum Gasteiger partial charge on any atom is -0.437 e. The lowest BCUT2D eigenvalue weighted by atomic mass is 10.2. The molecule has 1 aromatic carbocycles. The van der Waals surface area contributed by atoms with E-state index in [1.54, 1.807) is 0 Å². The van der Waals surface area contributed by atoms with Crippen molar-refractivity contribution >= 4 is 23.0 Å². The van der Waals surface area contributed by atoms with Gasteiger partial charge in [0.2, 0.25) is 0 Å². The van der Waals surface area contributed by atoms with Crippen LogP contribution in [0.5, 0.6) is 5.75 Å². The van der Waals surface area contributed by atoms with Gasteiger partial charge in [0.25, 0.3) is 5.24 Å². The highest BCUT2D eigenvalue weighted by molar-refractivity contribution is 6.67. The summed E-state index contributed by atoms with van der Waals surface area (Å²) >= 11 is 5.22. The van der Waals surface area contributed by atoms with Crippen LogP contribution in [0.4, 0.5) is 4.79 Å². The minimum atomic E-state index is -0.810. The molecule has 0 amide bonds. The summed E-state index contributed by atoms with van der Waals surface area (Å²) in [5.41, 5.74) is 0.337. The molecule has 0 atom stereocenters. The first-order chi connectivity index (χ1) is 6.63. The van der Waals surface area contributed by atoms with E-state index in [0.717, 1.165) is 0 Å². The van der Waals surface area contributed by atoms with Gasteiger partial charge in [-0.15, -0.1) is 0 Å². The summed E-state index contributed by atoms with van der Waals surface area (Å²) in [5, 5.41) is -0.561. The van der Waals surface area contributed by atoms with Crippen LogP contribution in [0.25, 0.3) is 0 Å². The summed E-state index contributed by atoms with van der Waals surface area (Å²) < 4.78 is 8.96. The van der Waals surface area contributed by atoms with Crippen molar-refractivity contribution in [1.82, 2.24) is 0 Å². The fourth-order valence-electron chi connectivity index (χ4n) is 0.792. The van der Waals surface area contributed by atoms with Gasteiger partial charge >= 0.3 is 6.16 Å². The number of benzene rings is 1. The third kappa shape index (κ3) is 2.74. The highest BCUT2D eigenvalue weighted by Crippen LogP contribution is 2.13. The highest BCUT2D eigenvalue weighted by atomic mass is 35.5. The van der Waals surface area contributed by atoms with Gasteiger partial charge in [-0.25, -0.2) is 4.79 Å². The van der Waals surface area contributed by atoms with Crippen molar-refractivity contribution in [3.63, 3.8) is 0 Å². The van der Waals surface area contributed by atoms with Crippen LogP contribution in [-0.4, -0.2) is 18.5 Å². The quantitative estimate of drug-likeness (QED) is 0.430. The Hall–Kier alpha value is -1.55. The maximum atomic E-state index is 10.7. The predicted octanol–water partition coefficient (Wildman–Crippen LogP) is 2.21. The summed E-state index contributed by atoms with van der Waals surface area (Å²) in [6.45, 7) is 0. The number of hydrogen-bond donors (Lipinski definition) is 0. The Morgan fingerprint density at radius 3 is 2.21 bits per heavy atom. The normalized spacial score (nSPS) is 9.29. The molecule has 0 unspecified atom stereocenters. The Kier molecular flexibility index (Phi) is 3.48. The standard InChI is InChI=1S/C9H7ClO4/c1-13-9(12)14-7-4-2-6(3-5-7)8(10)11/h2-5H,1H3. The van der Waals surface area contributed by atoms with Crippen LogP contribution in [0.1, 0.15) is 10.4 Å². The average molecular weight is 215 g/mol. The van der Waals surface area contributed by atoms with Gasteiger partial charge in [0.15, 0.2) is 0 Å². The van der Waals surface area contributed by atoms with Crippen LogP contribution >= 0.6 is 11.6 Å². The van der Waals surface area contributed by atoms with Gasteiger partial charge in [0.05, 0.1) is 7.11 Å². The number of hydrogen-bond acceptors (Lipinski definition) is 4. The molecule has 0 aliphatic rings.